The van der Waals surface area contributed by atoms with Crippen molar-refractivity contribution in [1.82, 2.24) is 0 Å². The van der Waals surface area contributed by atoms with Gasteiger partial charge in [-0.25, -0.2) is 0 Å². The van der Waals surface area contributed by atoms with E-state index in [1.165, 1.54) is 0 Å². The number of rotatable bonds is 5. The van der Waals surface area contributed by atoms with E-state index in [1.54, 1.807) is 0 Å². The molecule has 3 rings (SSSR count). The molecule has 6 nitrogen and oxygen atoms in total. The van der Waals surface area contributed by atoms with Crippen LogP contribution in [0.3, 0.4) is 0 Å². The molecule has 146 valence electrons. The summed E-state index contributed by atoms with van der Waals surface area (Å²) in [4.78, 5) is 21.3. The first-order valence-corrected chi connectivity index (χ1v) is 8.76. The molecule has 1 amide bonds. The number of nitrogens with two attached hydrogens (primary N) is 1. The van der Waals surface area contributed by atoms with Crippen molar-refractivity contribution in [3.8, 4) is 0 Å². The Morgan fingerprint density at radius 3 is 2.15 bits per heavy atom. The maximum atomic E-state index is 10.8. The molecule has 0 radical (unpaired) electrons. The minimum Gasteiger partial charge on any atom is -0.457 e. The minimum atomic E-state index is -0.589. The lowest BCUT2D eigenvalue weighted by atomic mass is 10.1. The van der Waals surface area contributed by atoms with Crippen molar-refractivity contribution in [2.45, 2.75) is 37.9 Å². The molecule has 2 aromatic rings. The van der Waals surface area contributed by atoms with Crippen molar-refractivity contribution < 1.29 is 24.5 Å². The summed E-state index contributed by atoms with van der Waals surface area (Å²) in [5.74, 6) is -0.459. The number of amides is 1. The monoisotopic (exact) mass is 373 g/mol. The van der Waals surface area contributed by atoms with E-state index in [9.17, 15) is 14.7 Å². The van der Waals surface area contributed by atoms with Crippen LogP contribution in [0, 0.1) is 0 Å². The number of ether oxygens (including phenoxy) is 1. The number of primary amides is 1. The van der Waals surface area contributed by atoms with Crippen LogP contribution in [0.25, 0.3) is 0 Å². The van der Waals surface area contributed by atoms with Gasteiger partial charge in [0.25, 0.3) is 0 Å². The Hall–Kier alpha value is -2.70. The smallest absolute Gasteiger partial charge is 0.306 e. The van der Waals surface area contributed by atoms with Crippen LogP contribution in [0.4, 0.5) is 0 Å². The van der Waals surface area contributed by atoms with Crippen LogP contribution in [-0.4, -0.2) is 29.2 Å². The molecule has 27 heavy (non-hydrogen) atoms. The van der Waals surface area contributed by atoms with Crippen LogP contribution in [0.2, 0.25) is 0 Å². The molecule has 0 bridgehead atoms. The molecule has 1 aliphatic rings. The van der Waals surface area contributed by atoms with E-state index in [2.05, 4.69) is 0 Å². The second-order valence-corrected chi connectivity index (χ2v) is 5.86. The number of carbonyl (C=O) groups excluding carboxylic acids is 2. The Kier molecular flexibility index (Phi) is 10.4. The standard InChI is InChI=1S/C10H13NO2.C10H10O2.CH4O/c11-10(13)7-6-9(12)8-4-2-1-3-5-8;11-10-7-6-9(12-10)8-4-2-1-3-5-8;1-2/h1-5,9,12H,6-7H2,(H2,11,13);1-5,9H,6-7H2;2H,1H3/t2*9-;/m11./s1. The minimum absolute atomic E-state index is 0.00120. The molecule has 2 aromatic carbocycles. The molecule has 4 N–H and O–H groups in total. The normalized spacial score (nSPS) is 16.1. The van der Waals surface area contributed by atoms with Crippen LogP contribution in [0.15, 0.2) is 60.7 Å². The highest BCUT2D eigenvalue weighted by Gasteiger charge is 2.24. The largest absolute Gasteiger partial charge is 0.457 e. The molecule has 0 spiro atoms. The Labute approximate surface area is 159 Å². The van der Waals surface area contributed by atoms with Gasteiger partial charge in [-0.3, -0.25) is 9.59 Å². The number of aliphatic hydroxyl groups is 2. The molecule has 2 atom stereocenters. The fourth-order valence-electron chi connectivity index (χ4n) is 2.55. The summed E-state index contributed by atoms with van der Waals surface area (Å²) >= 11 is 0. The summed E-state index contributed by atoms with van der Waals surface area (Å²) < 4.78 is 5.11. The Bertz CT molecular complexity index is 675. The number of hydrogen-bond donors (Lipinski definition) is 3. The Morgan fingerprint density at radius 1 is 1.11 bits per heavy atom. The summed E-state index contributed by atoms with van der Waals surface area (Å²) in [6, 6.07) is 19.1. The van der Waals surface area contributed by atoms with Crippen LogP contribution in [0.1, 0.15) is 49.0 Å². The highest BCUT2D eigenvalue weighted by Crippen LogP contribution is 2.28. The van der Waals surface area contributed by atoms with Gasteiger partial charge in [-0.05, 0) is 24.0 Å². The van der Waals surface area contributed by atoms with Gasteiger partial charge in [-0.15, -0.1) is 0 Å². The first-order valence-electron chi connectivity index (χ1n) is 8.76. The van der Waals surface area contributed by atoms with Crippen LogP contribution >= 0.6 is 0 Å². The number of cyclic esters (lactones) is 1. The molecular formula is C21H27NO5. The van der Waals surface area contributed by atoms with E-state index in [-0.39, 0.29) is 24.4 Å². The van der Waals surface area contributed by atoms with Crippen molar-refractivity contribution in [2.24, 2.45) is 5.73 Å². The number of benzene rings is 2. The van der Waals surface area contributed by atoms with E-state index < -0.39 is 6.10 Å². The van der Waals surface area contributed by atoms with E-state index >= 15 is 0 Å². The van der Waals surface area contributed by atoms with E-state index in [0.717, 1.165) is 24.7 Å². The lowest BCUT2D eigenvalue weighted by Gasteiger charge is -2.08. The first-order chi connectivity index (χ1) is 13.1. The third kappa shape index (κ3) is 8.48. The molecule has 6 heteroatoms. The highest BCUT2D eigenvalue weighted by molar-refractivity contribution is 5.73. The summed E-state index contributed by atoms with van der Waals surface area (Å²) in [6.45, 7) is 0. The SMILES string of the molecule is CO.NC(=O)CC[C@@H](O)c1ccccc1.O=C1CC[C@H](c2ccccc2)O1. The predicted molar refractivity (Wildman–Crippen MR) is 102 cm³/mol. The fraction of sp³-hybridized carbons (Fsp3) is 0.333. The summed E-state index contributed by atoms with van der Waals surface area (Å²) in [6.07, 6.45) is 1.39. The predicted octanol–water partition coefficient (Wildman–Crippen LogP) is 2.66. The van der Waals surface area contributed by atoms with Crippen molar-refractivity contribution in [2.75, 3.05) is 7.11 Å². The molecule has 1 saturated heterocycles. The molecule has 1 heterocycles. The quantitative estimate of drug-likeness (QED) is 0.698. The first kappa shape index (κ1) is 22.3. The van der Waals surface area contributed by atoms with Gasteiger partial charge in [0.15, 0.2) is 0 Å². The van der Waals surface area contributed by atoms with E-state index in [1.807, 2.05) is 60.7 Å². The molecule has 0 saturated carbocycles. The molecule has 1 fully saturated rings. The second kappa shape index (κ2) is 12.6. The summed E-state index contributed by atoms with van der Waals surface area (Å²) in [7, 11) is 1.00. The zero-order chi connectivity index (χ0) is 20.1. The second-order valence-electron chi connectivity index (χ2n) is 5.86. The highest BCUT2D eigenvalue weighted by atomic mass is 16.5. The van der Waals surface area contributed by atoms with Crippen LogP contribution in [-0.2, 0) is 14.3 Å². The molecule has 0 unspecified atom stereocenters. The van der Waals surface area contributed by atoms with Gasteiger partial charge < -0.3 is 20.7 Å². The van der Waals surface area contributed by atoms with Crippen molar-refractivity contribution >= 4 is 11.9 Å². The van der Waals surface area contributed by atoms with E-state index in [0.29, 0.717) is 12.8 Å². The summed E-state index contributed by atoms with van der Waals surface area (Å²) in [5, 5.41) is 16.6. The van der Waals surface area contributed by atoms with Crippen LogP contribution < -0.4 is 5.73 Å². The third-order valence-electron chi connectivity index (χ3n) is 3.90. The van der Waals surface area contributed by atoms with Crippen molar-refractivity contribution in [3.63, 3.8) is 0 Å². The zero-order valence-electron chi connectivity index (χ0n) is 15.5. The molecule has 1 aliphatic heterocycles. The van der Waals surface area contributed by atoms with Gasteiger partial charge in [0.2, 0.25) is 5.91 Å². The van der Waals surface area contributed by atoms with Crippen LogP contribution in [0.5, 0.6) is 0 Å². The average Bonchev–Trinajstić information content (AvgIpc) is 3.16. The zero-order valence-corrected chi connectivity index (χ0v) is 15.5. The summed E-state index contributed by atoms with van der Waals surface area (Å²) in [5.41, 5.74) is 6.89. The maximum absolute atomic E-state index is 10.8. The number of carbonyl (C=O) groups is 2. The number of aliphatic hydroxyl groups excluding tert-OH is 2. The lowest BCUT2D eigenvalue weighted by molar-refractivity contribution is -0.141. The average molecular weight is 373 g/mol. The molecule has 0 aromatic heterocycles. The Balaban J connectivity index is 0.000000248. The van der Waals surface area contributed by atoms with Gasteiger partial charge in [0.05, 0.1) is 6.10 Å². The van der Waals surface area contributed by atoms with Gasteiger partial charge in [-0.2, -0.15) is 0 Å². The lowest BCUT2D eigenvalue weighted by Crippen LogP contribution is -2.11. The molecule has 0 aliphatic carbocycles. The maximum Gasteiger partial charge on any atom is 0.306 e. The van der Waals surface area contributed by atoms with Gasteiger partial charge in [0.1, 0.15) is 6.10 Å². The van der Waals surface area contributed by atoms with E-state index in [4.69, 9.17) is 15.6 Å². The number of hydrogen-bond acceptors (Lipinski definition) is 5. The number of esters is 1. The Morgan fingerprint density at radius 2 is 1.67 bits per heavy atom. The third-order valence-corrected chi connectivity index (χ3v) is 3.90. The van der Waals surface area contributed by atoms with Crippen molar-refractivity contribution in [3.05, 3.63) is 71.8 Å². The fourth-order valence-corrected chi connectivity index (χ4v) is 2.55. The van der Waals surface area contributed by atoms with Crippen molar-refractivity contribution in [1.29, 1.82) is 0 Å². The van der Waals surface area contributed by atoms with Gasteiger partial charge >= 0.3 is 5.97 Å². The van der Waals surface area contributed by atoms with Gasteiger partial charge in [-0.1, -0.05) is 60.7 Å². The topological polar surface area (TPSA) is 110 Å². The molecular weight excluding hydrogens is 346 g/mol. The van der Waals surface area contributed by atoms with Gasteiger partial charge in [0, 0.05) is 20.0 Å².